The maximum Gasteiger partial charge on any atom is 0.339 e. The molecule has 0 aliphatic carbocycles. The lowest BCUT2D eigenvalue weighted by atomic mass is 10.2. The van der Waals surface area contributed by atoms with Crippen molar-refractivity contribution in [3.8, 4) is 0 Å². The Morgan fingerprint density at radius 2 is 1.92 bits per heavy atom. The molecule has 0 atom stereocenters. The van der Waals surface area contributed by atoms with Gasteiger partial charge in [-0.3, -0.25) is 9.78 Å². The normalized spacial score (nSPS) is 10.5. The van der Waals surface area contributed by atoms with Gasteiger partial charge in [-0.1, -0.05) is 30.3 Å². The van der Waals surface area contributed by atoms with Gasteiger partial charge in [0.05, 0.1) is 12.7 Å². The fraction of sp³-hybridized carbons (Fsp3) is 0.316. The molecule has 0 fully saturated rings. The van der Waals surface area contributed by atoms with Crippen molar-refractivity contribution in [3.63, 3.8) is 0 Å². The van der Waals surface area contributed by atoms with Gasteiger partial charge in [0.25, 0.3) is 5.91 Å². The molecule has 6 nitrogen and oxygen atoms in total. The molecule has 0 radical (unpaired) electrons. The van der Waals surface area contributed by atoms with Gasteiger partial charge in [-0.15, -0.1) is 0 Å². The highest BCUT2D eigenvalue weighted by atomic mass is 16.5. The van der Waals surface area contributed by atoms with Gasteiger partial charge in [-0.2, -0.15) is 0 Å². The van der Waals surface area contributed by atoms with Crippen LogP contribution in [0.2, 0.25) is 0 Å². The van der Waals surface area contributed by atoms with E-state index in [1.807, 2.05) is 18.2 Å². The van der Waals surface area contributed by atoms with E-state index >= 15 is 0 Å². The summed E-state index contributed by atoms with van der Waals surface area (Å²) in [6, 6.07) is 13.3. The highest BCUT2D eigenvalue weighted by Crippen LogP contribution is 2.04. The highest BCUT2D eigenvalue weighted by molar-refractivity contribution is 5.94. The molecule has 0 saturated carbocycles. The van der Waals surface area contributed by atoms with Crippen molar-refractivity contribution in [1.29, 1.82) is 0 Å². The van der Waals surface area contributed by atoms with Crippen LogP contribution < -0.4 is 5.32 Å². The third-order valence-electron chi connectivity index (χ3n) is 3.71. The van der Waals surface area contributed by atoms with Crippen molar-refractivity contribution in [1.82, 2.24) is 15.2 Å². The van der Waals surface area contributed by atoms with Gasteiger partial charge in [0.2, 0.25) is 0 Å². The SMILES string of the molecule is COC(=O)c1ccc(C(=O)NCCCN(C)Cc2ccccc2)nc1. The number of ether oxygens (including phenoxy) is 1. The van der Waals surface area contributed by atoms with Crippen molar-refractivity contribution >= 4 is 11.9 Å². The molecule has 0 bridgehead atoms. The molecular weight excluding hydrogens is 318 g/mol. The van der Waals surface area contributed by atoms with Gasteiger partial charge in [0.15, 0.2) is 0 Å². The van der Waals surface area contributed by atoms with Crippen LogP contribution in [-0.2, 0) is 11.3 Å². The largest absolute Gasteiger partial charge is 0.465 e. The van der Waals surface area contributed by atoms with E-state index in [1.54, 1.807) is 0 Å². The molecule has 132 valence electrons. The first-order chi connectivity index (χ1) is 12.1. The van der Waals surface area contributed by atoms with Gasteiger partial charge >= 0.3 is 5.97 Å². The maximum atomic E-state index is 12.0. The summed E-state index contributed by atoms with van der Waals surface area (Å²) >= 11 is 0. The zero-order chi connectivity index (χ0) is 18.1. The van der Waals surface area contributed by atoms with Gasteiger partial charge < -0.3 is 15.0 Å². The molecule has 0 aliphatic heterocycles. The number of methoxy groups -OCH3 is 1. The Bertz CT molecular complexity index is 687. The average Bonchev–Trinajstić information content (AvgIpc) is 2.65. The Morgan fingerprint density at radius 1 is 1.16 bits per heavy atom. The minimum absolute atomic E-state index is 0.248. The summed E-state index contributed by atoms with van der Waals surface area (Å²) in [4.78, 5) is 29.6. The fourth-order valence-corrected chi connectivity index (χ4v) is 2.38. The molecule has 2 aromatic rings. The Hall–Kier alpha value is -2.73. The Labute approximate surface area is 147 Å². The number of nitrogens with zero attached hydrogens (tertiary/aromatic N) is 2. The summed E-state index contributed by atoms with van der Waals surface area (Å²) in [5.74, 6) is -0.719. The lowest BCUT2D eigenvalue weighted by Crippen LogP contribution is -2.28. The summed E-state index contributed by atoms with van der Waals surface area (Å²) in [7, 11) is 3.36. The van der Waals surface area contributed by atoms with E-state index in [4.69, 9.17) is 0 Å². The molecule has 25 heavy (non-hydrogen) atoms. The minimum atomic E-state index is -0.471. The Balaban J connectivity index is 1.70. The molecule has 2 rings (SSSR count). The molecule has 6 heteroatoms. The number of carbonyl (C=O) groups excluding carboxylic acids is 2. The minimum Gasteiger partial charge on any atom is -0.465 e. The van der Waals surface area contributed by atoms with Crippen molar-refractivity contribution in [2.45, 2.75) is 13.0 Å². The standard InChI is InChI=1S/C19H23N3O3/c1-22(14-15-7-4-3-5-8-15)12-6-11-20-18(23)17-10-9-16(13-21-17)19(24)25-2/h3-5,7-10,13H,6,11-12,14H2,1-2H3,(H,20,23). The summed E-state index contributed by atoms with van der Waals surface area (Å²) < 4.78 is 4.60. The first-order valence-electron chi connectivity index (χ1n) is 8.15. The van der Waals surface area contributed by atoms with Crippen LogP contribution in [0.15, 0.2) is 48.7 Å². The first-order valence-corrected chi connectivity index (χ1v) is 8.15. The zero-order valence-electron chi connectivity index (χ0n) is 14.6. The third kappa shape index (κ3) is 6.00. The average molecular weight is 341 g/mol. The summed E-state index contributed by atoms with van der Waals surface area (Å²) in [5, 5.41) is 2.84. The van der Waals surface area contributed by atoms with Crippen LogP contribution in [-0.4, -0.2) is 49.0 Å². The van der Waals surface area contributed by atoms with Crippen molar-refractivity contribution < 1.29 is 14.3 Å². The fourth-order valence-electron chi connectivity index (χ4n) is 2.38. The van der Waals surface area contributed by atoms with E-state index in [2.05, 4.69) is 39.1 Å². The molecule has 1 amide bonds. The first kappa shape index (κ1) is 18.6. The predicted octanol–water partition coefficient (Wildman–Crippen LogP) is 2.12. The number of nitrogens with one attached hydrogen (secondary N) is 1. The number of aromatic nitrogens is 1. The predicted molar refractivity (Wildman–Crippen MR) is 95.3 cm³/mol. The zero-order valence-corrected chi connectivity index (χ0v) is 14.6. The van der Waals surface area contributed by atoms with E-state index in [0.717, 1.165) is 19.5 Å². The lowest BCUT2D eigenvalue weighted by Gasteiger charge is -2.16. The maximum absolute atomic E-state index is 12.0. The number of carbonyl (C=O) groups is 2. The number of esters is 1. The number of rotatable bonds is 8. The van der Waals surface area contributed by atoms with Crippen LogP contribution in [0.25, 0.3) is 0 Å². The van der Waals surface area contributed by atoms with Gasteiger partial charge in [-0.25, -0.2) is 4.79 Å². The van der Waals surface area contributed by atoms with Crippen LogP contribution >= 0.6 is 0 Å². The second-order valence-electron chi connectivity index (χ2n) is 5.76. The van der Waals surface area contributed by atoms with E-state index in [1.165, 1.54) is 31.0 Å². The Kier molecular flexibility index (Phi) is 7.10. The van der Waals surface area contributed by atoms with Crippen molar-refractivity contribution in [2.75, 3.05) is 27.2 Å². The molecule has 1 aromatic carbocycles. The monoisotopic (exact) mass is 341 g/mol. The summed E-state index contributed by atoms with van der Waals surface area (Å²) in [5.41, 5.74) is 1.87. The van der Waals surface area contributed by atoms with E-state index in [9.17, 15) is 9.59 Å². The van der Waals surface area contributed by atoms with Crippen LogP contribution in [0.5, 0.6) is 0 Å². The lowest BCUT2D eigenvalue weighted by molar-refractivity contribution is 0.0599. The molecule has 1 aromatic heterocycles. The van der Waals surface area contributed by atoms with Crippen molar-refractivity contribution in [3.05, 3.63) is 65.5 Å². The van der Waals surface area contributed by atoms with Gasteiger partial charge in [0.1, 0.15) is 5.69 Å². The van der Waals surface area contributed by atoms with Crippen LogP contribution in [0.4, 0.5) is 0 Å². The van der Waals surface area contributed by atoms with Crippen molar-refractivity contribution in [2.24, 2.45) is 0 Å². The number of pyridine rings is 1. The molecule has 0 unspecified atom stereocenters. The molecule has 1 heterocycles. The number of benzene rings is 1. The summed E-state index contributed by atoms with van der Waals surface area (Å²) in [6.07, 6.45) is 2.18. The van der Waals surface area contributed by atoms with Crippen LogP contribution in [0, 0.1) is 0 Å². The van der Waals surface area contributed by atoms with Gasteiger partial charge in [-0.05, 0) is 37.7 Å². The summed E-state index contributed by atoms with van der Waals surface area (Å²) in [6.45, 7) is 2.33. The van der Waals surface area contributed by atoms with Crippen LogP contribution in [0.3, 0.4) is 0 Å². The topological polar surface area (TPSA) is 71.5 Å². The number of amides is 1. The quantitative estimate of drug-likeness (QED) is 0.588. The molecule has 0 spiro atoms. The van der Waals surface area contributed by atoms with E-state index in [0.29, 0.717) is 12.1 Å². The molecule has 0 aliphatic rings. The second kappa shape index (κ2) is 9.54. The highest BCUT2D eigenvalue weighted by Gasteiger charge is 2.10. The van der Waals surface area contributed by atoms with E-state index < -0.39 is 5.97 Å². The Morgan fingerprint density at radius 3 is 2.56 bits per heavy atom. The number of hydrogen-bond acceptors (Lipinski definition) is 5. The second-order valence-corrected chi connectivity index (χ2v) is 5.76. The molecule has 1 N–H and O–H groups in total. The van der Waals surface area contributed by atoms with Gasteiger partial charge in [0, 0.05) is 19.3 Å². The van der Waals surface area contributed by atoms with Crippen LogP contribution in [0.1, 0.15) is 32.8 Å². The third-order valence-corrected chi connectivity index (χ3v) is 3.71. The van der Waals surface area contributed by atoms with E-state index in [-0.39, 0.29) is 11.6 Å². The number of hydrogen-bond donors (Lipinski definition) is 1. The molecular formula is C19H23N3O3. The smallest absolute Gasteiger partial charge is 0.339 e. The molecule has 0 saturated heterocycles.